The summed E-state index contributed by atoms with van der Waals surface area (Å²) in [5.41, 5.74) is 4.27. The zero-order valence-electron chi connectivity index (χ0n) is 8.05. The van der Waals surface area contributed by atoms with Gasteiger partial charge in [-0.2, -0.15) is 5.10 Å². The van der Waals surface area contributed by atoms with Crippen LogP contribution in [0.1, 0.15) is 11.1 Å². The lowest BCUT2D eigenvalue weighted by Gasteiger charge is -2.16. The molecule has 0 fully saturated rings. The van der Waals surface area contributed by atoms with E-state index >= 15 is 0 Å². The summed E-state index contributed by atoms with van der Waals surface area (Å²) >= 11 is 4.90. The first-order valence-electron chi connectivity index (χ1n) is 4.65. The summed E-state index contributed by atoms with van der Waals surface area (Å²) < 4.78 is 0. The minimum atomic E-state index is 0.221. The standard InChI is InChI=1S/C10H11N3OS/c14-12-10(15)13-6-5-8-3-1-2-4-9(8)7-11-13/h1-4,7,14H,5-6H2,(H,12,15). The summed E-state index contributed by atoms with van der Waals surface area (Å²) in [6.07, 6.45) is 2.62. The van der Waals surface area contributed by atoms with Crippen molar-refractivity contribution < 1.29 is 5.21 Å². The highest BCUT2D eigenvalue weighted by Crippen LogP contribution is 2.11. The van der Waals surface area contributed by atoms with Crippen LogP contribution in [-0.4, -0.2) is 28.1 Å². The summed E-state index contributed by atoms with van der Waals surface area (Å²) in [5.74, 6) is 0. The quantitative estimate of drug-likeness (QED) is 0.509. The maximum absolute atomic E-state index is 8.69. The van der Waals surface area contributed by atoms with Crippen molar-refractivity contribution in [1.29, 1.82) is 0 Å². The molecule has 5 heteroatoms. The smallest absolute Gasteiger partial charge is 0.213 e. The predicted octanol–water partition coefficient (Wildman–Crippen LogP) is 1.14. The molecule has 2 rings (SSSR count). The second-order valence-electron chi connectivity index (χ2n) is 3.23. The highest BCUT2D eigenvalue weighted by molar-refractivity contribution is 7.80. The van der Waals surface area contributed by atoms with Crippen molar-refractivity contribution >= 4 is 23.5 Å². The number of rotatable bonds is 0. The van der Waals surface area contributed by atoms with E-state index in [-0.39, 0.29) is 5.11 Å². The third kappa shape index (κ3) is 2.14. The molecule has 1 aliphatic rings. The van der Waals surface area contributed by atoms with E-state index in [1.54, 1.807) is 11.2 Å². The molecule has 0 unspecified atom stereocenters. The van der Waals surface area contributed by atoms with Crippen molar-refractivity contribution in [3.05, 3.63) is 35.4 Å². The van der Waals surface area contributed by atoms with E-state index in [4.69, 9.17) is 17.4 Å². The number of benzene rings is 1. The molecule has 0 aromatic heterocycles. The van der Waals surface area contributed by atoms with Crippen molar-refractivity contribution in [1.82, 2.24) is 10.5 Å². The lowest BCUT2D eigenvalue weighted by molar-refractivity contribution is 0.216. The molecule has 15 heavy (non-hydrogen) atoms. The molecule has 0 spiro atoms. The Hall–Kier alpha value is -1.46. The van der Waals surface area contributed by atoms with Crippen LogP contribution in [0.5, 0.6) is 0 Å². The highest BCUT2D eigenvalue weighted by Gasteiger charge is 2.11. The molecule has 0 saturated carbocycles. The van der Waals surface area contributed by atoms with Gasteiger partial charge in [0.05, 0.1) is 6.21 Å². The molecule has 0 amide bonds. The molecule has 0 radical (unpaired) electrons. The van der Waals surface area contributed by atoms with Gasteiger partial charge in [0.25, 0.3) is 0 Å². The summed E-state index contributed by atoms with van der Waals surface area (Å²) in [4.78, 5) is 0. The molecule has 1 aromatic rings. The maximum Gasteiger partial charge on any atom is 0.213 e. The van der Waals surface area contributed by atoms with Crippen LogP contribution in [0.2, 0.25) is 0 Å². The molecule has 2 N–H and O–H groups in total. The Morgan fingerprint density at radius 1 is 1.47 bits per heavy atom. The van der Waals surface area contributed by atoms with Crippen LogP contribution in [0.4, 0.5) is 0 Å². The van der Waals surface area contributed by atoms with E-state index in [1.807, 2.05) is 23.7 Å². The third-order valence-electron chi connectivity index (χ3n) is 2.31. The first-order chi connectivity index (χ1) is 7.31. The Labute approximate surface area is 93.2 Å². The van der Waals surface area contributed by atoms with Crippen molar-refractivity contribution in [3.8, 4) is 0 Å². The van der Waals surface area contributed by atoms with Crippen molar-refractivity contribution in [2.75, 3.05) is 6.54 Å². The Morgan fingerprint density at radius 2 is 2.27 bits per heavy atom. The fraction of sp³-hybridized carbons (Fsp3) is 0.200. The minimum Gasteiger partial charge on any atom is -0.289 e. The summed E-state index contributed by atoms with van der Waals surface area (Å²) in [7, 11) is 0. The topological polar surface area (TPSA) is 47.9 Å². The molecule has 0 bridgehead atoms. The number of nitrogens with zero attached hydrogens (tertiary/aromatic N) is 2. The van der Waals surface area contributed by atoms with Gasteiger partial charge in [0.15, 0.2) is 0 Å². The normalized spacial score (nSPS) is 14.3. The maximum atomic E-state index is 8.69. The Balaban J connectivity index is 2.22. The van der Waals surface area contributed by atoms with Crippen molar-refractivity contribution in [3.63, 3.8) is 0 Å². The summed E-state index contributed by atoms with van der Waals surface area (Å²) in [6, 6.07) is 8.06. The van der Waals surface area contributed by atoms with Crippen molar-refractivity contribution in [2.45, 2.75) is 6.42 Å². The molecule has 78 valence electrons. The van der Waals surface area contributed by atoms with Gasteiger partial charge in [-0.25, -0.2) is 10.5 Å². The Morgan fingerprint density at radius 3 is 3.07 bits per heavy atom. The number of hydrazone groups is 1. The molecular weight excluding hydrogens is 210 g/mol. The fourth-order valence-electron chi connectivity index (χ4n) is 1.52. The highest BCUT2D eigenvalue weighted by atomic mass is 32.1. The second kappa shape index (κ2) is 4.37. The fourth-order valence-corrected chi connectivity index (χ4v) is 1.65. The Bertz CT molecular complexity index is 405. The molecular formula is C10H11N3OS. The number of fused-ring (bicyclic) bond motifs is 1. The van der Waals surface area contributed by atoms with E-state index in [9.17, 15) is 0 Å². The average molecular weight is 221 g/mol. The van der Waals surface area contributed by atoms with E-state index in [0.29, 0.717) is 6.54 Å². The average Bonchev–Trinajstić information content (AvgIpc) is 2.50. The lowest BCUT2D eigenvalue weighted by Crippen LogP contribution is -2.35. The van der Waals surface area contributed by atoms with Crippen LogP contribution in [-0.2, 0) is 6.42 Å². The third-order valence-corrected chi connectivity index (χ3v) is 2.62. The molecule has 0 aliphatic carbocycles. The van der Waals surface area contributed by atoms with Gasteiger partial charge in [-0.1, -0.05) is 24.3 Å². The first kappa shape index (κ1) is 10.1. The van der Waals surface area contributed by atoms with Gasteiger partial charge in [0.1, 0.15) is 0 Å². The number of hydroxylamine groups is 1. The molecule has 0 atom stereocenters. The monoisotopic (exact) mass is 221 g/mol. The van der Waals surface area contributed by atoms with E-state index in [0.717, 1.165) is 12.0 Å². The van der Waals surface area contributed by atoms with E-state index in [1.165, 1.54) is 5.56 Å². The molecule has 0 saturated heterocycles. The van der Waals surface area contributed by atoms with Crippen LogP contribution in [0.25, 0.3) is 0 Å². The van der Waals surface area contributed by atoms with Gasteiger partial charge in [0, 0.05) is 6.54 Å². The molecule has 4 nitrogen and oxygen atoms in total. The number of hydrogen-bond donors (Lipinski definition) is 2. The molecule has 1 heterocycles. The van der Waals surface area contributed by atoms with Gasteiger partial charge in [-0.15, -0.1) is 0 Å². The summed E-state index contributed by atoms with van der Waals surface area (Å²) in [6.45, 7) is 0.667. The zero-order valence-corrected chi connectivity index (χ0v) is 8.87. The predicted molar refractivity (Wildman–Crippen MR) is 62.0 cm³/mol. The second-order valence-corrected chi connectivity index (χ2v) is 3.62. The van der Waals surface area contributed by atoms with Crippen LogP contribution < -0.4 is 5.48 Å². The van der Waals surface area contributed by atoms with E-state index < -0.39 is 0 Å². The zero-order chi connectivity index (χ0) is 10.7. The van der Waals surface area contributed by atoms with Gasteiger partial charge >= 0.3 is 0 Å². The van der Waals surface area contributed by atoms with E-state index in [2.05, 4.69) is 11.2 Å². The lowest BCUT2D eigenvalue weighted by atomic mass is 10.1. The first-order valence-corrected chi connectivity index (χ1v) is 5.05. The van der Waals surface area contributed by atoms with Crippen LogP contribution >= 0.6 is 12.2 Å². The van der Waals surface area contributed by atoms with Crippen molar-refractivity contribution in [2.24, 2.45) is 5.10 Å². The van der Waals surface area contributed by atoms with Gasteiger partial charge < -0.3 is 0 Å². The number of thiocarbonyl (C=S) groups is 1. The largest absolute Gasteiger partial charge is 0.289 e. The minimum absolute atomic E-state index is 0.221. The van der Waals surface area contributed by atoms with Crippen LogP contribution in [0.3, 0.4) is 0 Å². The van der Waals surface area contributed by atoms with Gasteiger partial charge in [0.2, 0.25) is 5.11 Å². The molecule has 1 aromatic carbocycles. The Kier molecular flexibility index (Phi) is 2.94. The number of nitrogens with one attached hydrogen (secondary N) is 1. The summed E-state index contributed by atoms with van der Waals surface area (Å²) in [5, 5.41) is 14.7. The SMILES string of the molecule is ONC(=S)N1CCc2ccccc2C=N1. The van der Waals surface area contributed by atoms with Gasteiger partial charge in [-0.3, -0.25) is 5.21 Å². The molecule has 1 aliphatic heterocycles. The van der Waals surface area contributed by atoms with Gasteiger partial charge in [-0.05, 0) is 29.8 Å². The number of hydrogen-bond acceptors (Lipinski definition) is 3. The van der Waals surface area contributed by atoms with Crippen LogP contribution in [0.15, 0.2) is 29.4 Å². The van der Waals surface area contributed by atoms with Crippen LogP contribution in [0, 0.1) is 0 Å².